The van der Waals surface area contributed by atoms with Crippen LogP contribution in [0.3, 0.4) is 0 Å². The van der Waals surface area contributed by atoms with Crippen LogP contribution in [-0.2, 0) is 9.47 Å². The summed E-state index contributed by atoms with van der Waals surface area (Å²) in [5.74, 6) is 0. The minimum Gasteiger partial charge on any atom is -0.376 e. The molecule has 1 aliphatic rings. The molecular weight excluding hydrogens is 192 g/mol. The van der Waals surface area contributed by atoms with E-state index in [-0.39, 0.29) is 6.10 Å². The number of rotatable bonds is 7. The maximum atomic E-state index is 5.55. The third kappa shape index (κ3) is 6.10. The molecule has 0 radical (unpaired) electrons. The molecule has 0 aromatic heterocycles. The summed E-state index contributed by atoms with van der Waals surface area (Å²) < 4.78 is 10.9. The number of hydrogen-bond acceptors (Lipinski definition) is 4. The van der Waals surface area contributed by atoms with E-state index in [1.54, 1.807) is 0 Å². The van der Waals surface area contributed by atoms with Crippen molar-refractivity contribution in [3.05, 3.63) is 0 Å². The van der Waals surface area contributed by atoms with Gasteiger partial charge < -0.3 is 20.1 Å². The Kier molecular flexibility index (Phi) is 6.92. The summed E-state index contributed by atoms with van der Waals surface area (Å²) in [6.07, 6.45) is 1.42. The lowest BCUT2D eigenvalue weighted by Gasteiger charge is -2.25. The molecule has 1 rings (SSSR count). The molecule has 0 amide bonds. The third-order valence-corrected chi connectivity index (χ3v) is 2.46. The molecule has 4 heteroatoms. The fourth-order valence-electron chi connectivity index (χ4n) is 1.55. The Morgan fingerprint density at radius 1 is 1.40 bits per heavy atom. The molecule has 15 heavy (non-hydrogen) atoms. The minimum absolute atomic E-state index is 0.229. The first-order valence-electron chi connectivity index (χ1n) is 5.96. The van der Waals surface area contributed by atoms with Crippen molar-refractivity contribution in [1.82, 2.24) is 10.6 Å². The van der Waals surface area contributed by atoms with Gasteiger partial charge in [-0.05, 0) is 19.9 Å². The second-order valence-electron chi connectivity index (χ2n) is 4.08. The van der Waals surface area contributed by atoms with Crippen molar-refractivity contribution in [2.24, 2.45) is 0 Å². The van der Waals surface area contributed by atoms with E-state index in [1.165, 1.54) is 6.42 Å². The predicted octanol–water partition coefficient (Wildman–Crippen LogP) is 0.380. The highest BCUT2D eigenvalue weighted by atomic mass is 16.6. The maximum Gasteiger partial charge on any atom is 0.0933 e. The van der Waals surface area contributed by atoms with Crippen LogP contribution in [0.15, 0.2) is 0 Å². The van der Waals surface area contributed by atoms with E-state index in [9.17, 15) is 0 Å². The van der Waals surface area contributed by atoms with Crippen LogP contribution in [-0.4, -0.2) is 51.6 Å². The highest BCUT2D eigenvalue weighted by Gasteiger charge is 2.14. The smallest absolute Gasteiger partial charge is 0.0933 e. The molecule has 0 spiro atoms. The van der Waals surface area contributed by atoms with E-state index in [0.29, 0.717) is 6.04 Å². The summed E-state index contributed by atoms with van der Waals surface area (Å²) in [6.45, 7) is 9.55. The average Bonchev–Trinajstić information content (AvgIpc) is 2.28. The zero-order valence-electron chi connectivity index (χ0n) is 9.92. The number of hydrogen-bond donors (Lipinski definition) is 2. The van der Waals surface area contributed by atoms with E-state index in [4.69, 9.17) is 9.47 Å². The summed E-state index contributed by atoms with van der Waals surface area (Å²) in [5, 5.41) is 6.83. The van der Waals surface area contributed by atoms with Gasteiger partial charge in [-0.2, -0.15) is 0 Å². The minimum atomic E-state index is 0.229. The molecule has 2 unspecified atom stereocenters. The van der Waals surface area contributed by atoms with Crippen LogP contribution in [0.25, 0.3) is 0 Å². The number of ether oxygens (including phenoxy) is 2. The standard InChI is InChI=1S/C11H24N2O2/c1-3-4-12-7-10(2)13-8-11-9-14-5-6-15-11/h10-13H,3-9H2,1-2H3. The molecule has 0 bridgehead atoms. The van der Waals surface area contributed by atoms with Gasteiger partial charge in [0.2, 0.25) is 0 Å². The van der Waals surface area contributed by atoms with E-state index in [1.807, 2.05) is 0 Å². The van der Waals surface area contributed by atoms with Crippen LogP contribution in [0.1, 0.15) is 20.3 Å². The normalized spacial score (nSPS) is 24.0. The van der Waals surface area contributed by atoms with Crippen LogP contribution in [0.2, 0.25) is 0 Å². The Balaban J connectivity index is 1.97. The Bertz CT molecular complexity index is 150. The van der Waals surface area contributed by atoms with Crippen molar-refractivity contribution < 1.29 is 9.47 Å². The molecule has 4 nitrogen and oxygen atoms in total. The number of nitrogens with one attached hydrogen (secondary N) is 2. The van der Waals surface area contributed by atoms with Gasteiger partial charge in [0.1, 0.15) is 0 Å². The molecule has 0 aromatic rings. The fraction of sp³-hybridized carbons (Fsp3) is 1.00. The summed E-state index contributed by atoms with van der Waals surface area (Å²) in [7, 11) is 0. The zero-order valence-corrected chi connectivity index (χ0v) is 9.92. The molecule has 1 aliphatic heterocycles. The van der Waals surface area contributed by atoms with Crippen LogP contribution in [0, 0.1) is 0 Å². The summed E-state index contributed by atoms with van der Waals surface area (Å²) in [4.78, 5) is 0. The molecule has 1 heterocycles. The summed E-state index contributed by atoms with van der Waals surface area (Å²) in [5.41, 5.74) is 0. The molecule has 2 N–H and O–H groups in total. The molecular formula is C11H24N2O2. The zero-order chi connectivity index (χ0) is 10.9. The van der Waals surface area contributed by atoms with Gasteiger partial charge in [-0.25, -0.2) is 0 Å². The van der Waals surface area contributed by atoms with Gasteiger partial charge in [0.15, 0.2) is 0 Å². The predicted molar refractivity (Wildman–Crippen MR) is 61.2 cm³/mol. The first-order valence-corrected chi connectivity index (χ1v) is 5.96. The second kappa shape index (κ2) is 8.05. The Hall–Kier alpha value is -0.160. The highest BCUT2D eigenvalue weighted by molar-refractivity contribution is 4.69. The average molecular weight is 216 g/mol. The van der Waals surface area contributed by atoms with Gasteiger partial charge in [0.05, 0.1) is 25.9 Å². The maximum absolute atomic E-state index is 5.55. The SMILES string of the molecule is CCCNCC(C)NCC1COCCO1. The summed E-state index contributed by atoms with van der Waals surface area (Å²) in [6, 6.07) is 0.488. The summed E-state index contributed by atoms with van der Waals surface area (Å²) >= 11 is 0. The van der Waals surface area contributed by atoms with Gasteiger partial charge in [0.25, 0.3) is 0 Å². The van der Waals surface area contributed by atoms with Crippen molar-refractivity contribution in [2.45, 2.75) is 32.4 Å². The van der Waals surface area contributed by atoms with Gasteiger partial charge >= 0.3 is 0 Å². The van der Waals surface area contributed by atoms with Crippen LogP contribution in [0.5, 0.6) is 0 Å². The first kappa shape index (κ1) is 12.9. The van der Waals surface area contributed by atoms with Crippen molar-refractivity contribution in [3.63, 3.8) is 0 Å². The molecule has 0 saturated carbocycles. The topological polar surface area (TPSA) is 42.5 Å². The molecule has 1 saturated heterocycles. The second-order valence-corrected chi connectivity index (χ2v) is 4.08. The van der Waals surface area contributed by atoms with Crippen LogP contribution >= 0.6 is 0 Å². The lowest BCUT2D eigenvalue weighted by atomic mass is 10.3. The third-order valence-electron chi connectivity index (χ3n) is 2.46. The van der Waals surface area contributed by atoms with E-state index < -0.39 is 0 Å². The lowest BCUT2D eigenvalue weighted by molar-refractivity contribution is -0.0869. The monoisotopic (exact) mass is 216 g/mol. The molecule has 2 atom stereocenters. The fourth-order valence-corrected chi connectivity index (χ4v) is 1.55. The quantitative estimate of drug-likeness (QED) is 0.604. The van der Waals surface area contributed by atoms with E-state index in [2.05, 4.69) is 24.5 Å². The molecule has 1 fully saturated rings. The van der Waals surface area contributed by atoms with Gasteiger partial charge in [-0.1, -0.05) is 6.92 Å². The highest BCUT2D eigenvalue weighted by Crippen LogP contribution is 1.99. The first-order chi connectivity index (χ1) is 7.33. The van der Waals surface area contributed by atoms with Crippen molar-refractivity contribution in [2.75, 3.05) is 39.5 Å². The van der Waals surface area contributed by atoms with Crippen molar-refractivity contribution in [3.8, 4) is 0 Å². The lowest BCUT2D eigenvalue weighted by Crippen LogP contribution is -2.44. The molecule has 0 aromatic carbocycles. The van der Waals surface area contributed by atoms with Crippen LogP contribution < -0.4 is 10.6 Å². The molecule has 90 valence electrons. The Morgan fingerprint density at radius 3 is 2.93 bits per heavy atom. The Morgan fingerprint density at radius 2 is 2.27 bits per heavy atom. The van der Waals surface area contributed by atoms with Gasteiger partial charge in [-0.3, -0.25) is 0 Å². The largest absolute Gasteiger partial charge is 0.376 e. The van der Waals surface area contributed by atoms with Crippen LogP contribution in [0.4, 0.5) is 0 Å². The van der Waals surface area contributed by atoms with E-state index >= 15 is 0 Å². The van der Waals surface area contributed by atoms with Crippen molar-refractivity contribution in [1.29, 1.82) is 0 Å². The van der Waals surface area contributed by atoms with E-state index in [0.717, 1.165) is 39.5 Å². The molecule has 0 aliphatic carbocycles. The Labute approximate surface area is 92.7 Å². The van der Waals surface area contributed by atoms with Gasteiger partial charge in [0, 0.05) is 19.1 Å². The van der Waals surface area contributed by atoms with Gasteiger partial charge in [-0.15, -0.1) is 0 Å². The van der Waals surface area contributed by atoms with Crippen molar-refractivity contribution >= 4 is 0 Å².